The second kappa shape index (κ2) is 13.0. The Labute approximate surface area is 255 Å². The molecular weight excluding hydrogens is 604 g/mol. The quantitative estimate of drug-likeness (QED) is 0.403. The van der Waals surface area contributed by atoms with Crippen molar-refractivity contribution in [1.29, 1.82) is 0 Å². The summed E-state index contributed by atoms with van der Waals surface area (Å²) < 4.78 is 59.4. The van der Waals surface area contributed by atoms with Crippen molar-refractivity contribution >= 4 is 44.9 Å². The third kappa shape index (κ3) is 6.79. The van der Waals surface area contributed by atoms with Crippen LogP contribution in [0.3, 0.4) is 0 Å². The molecule has 0 bridgehead atoms. The van der Waals surface area contributed by atoms with Crippen molar-refractivity contribution in [2.24, 2.45) is 11.8 Å². The highest BCUT2D eigenvalue weighted by Crippen LogP contribution is 2.46. The lowest BCUT2D eigenvalue weighted by Crippen LogP contribution is -2.49. The van der Waals surface area contributed by atoms with Crippen molar-refractivity contribution in [1.82, 2.24) is 14.6 Å². The van der Waals surface area contributed by atoms with Gasteiger partial charge in [0.2, 0.25) is 21.8 Å². The molecule has 0 atom stereocenters. The molecule has 2 N–H and O–H groups in total. The molecule has 2 amide bonds. The Balaban J connectivity index is 1.22. The molecule has 2 aliphatic heterocycles. The molecule has 234 valence electrons. The summed E-state index contributed by atoms with van der Waals surface area (Å²) in [5, 5.41) is 11.4. The first kappa shape index (κ1) is 31.6. The van der Waals surface area contributed by atoms with E-state index in [1.165, 1.54) is 28.6 Å². The normalized spacial score (nSPS) is 22.2. The monoisotopic (exact) mass is 639 g/mol. The number of anilines is 2. The Morgan fingerprint density at radius 1 is 1.05 bits per heavy atom. The van der Waals surface area contributed by atoms with Crippen LogP contribution in [0.2, 0.25) is 5.15 Å². The van der Waals surface area contributed by atoms with Gasteiger partial charge in [0.05, 0.1) is 11.5 Å². The number of sulfonamides is 1. The molecule has 1 aromatic heterocycles. The number of hydrogen-bond donors (Lipinski definition) is 2. The number of benzene rings is 1. The molecule has 3 fully saturated rings. The molecule has 5 rings (SSSR count). The Kier molecular flexibility index (Phi) is 9.55. The minimum atomic E-state index is -3.80. The molecule has 2 aromatic rings. The molecular formula is C29H36ClF2N5O5S. The zero-order chi connectivity index (χ0) is 30.8. The molecule has 2 saturated heterocycles. The molecule has 1 aliphatic carbocycles. The Bertz CT molecular complexity index is 1430. The predicted octanol–water partition coefficient (Wildman–Crippen LogP) is 3.38. The Morgan fingerprint density at radius 3 is 2.33 bits per heavy atom. The number of alkyl halides is 2. The first-order valence-electron chi connectivity index (χ1n) is 14.6. The summed E-state index contributed by atoms with van der Waals surface area (Å²) in [4.78, 5) is 32.0. The first-order valence-corrected chi connectivity index (χ1v) is 16.4. The lowest BCUT2D eigenvalue weighted by molar-refractivity contribution is -0.129. The summed E-state index contributed by atoms with van der Waals surface area (Å²) in [6, 6.07) is 8.79. The Morgan fingerprint density at radius 2 is 1.72 bits per heavy atom. The number of nitrogens with one attached hydrogen (secondary N) is 1. The van der Waals surface area contributed by atoms with Gasteiger partial charge in [-0.15, -0.1) is 0 Å². The van der Waals surface area contributed by atoms with E-state index in [-0.39, 0.29) is 91.3 Å². The van der Waals surface area contributed by atoms with Gasteiger partial charge < -0.3 is 20.2 Å². The van der Waals surface area contributed by atoms with E-state index in [4.69, 9.17) is 16.7 Å². The average Bonchev–Trinajstić information content (AvgIpc) is 3.45. The number of aromatic nitrogens is 1. The van der Waals surface area contributed by atoms with Gasteiger partial charge >= 0.3 is 0 Å². The van der Waals surface area contributed by atoms with E-state index in [1.807, 2.05) is 0 Å². The van der Waals surface area contributed by atoms with E-state index in [0.717, 1.165) is 6.42 Å². The second-order valence-corrected chi connectivity index (χ2v) is 13.6. The number of aliphatic hydroxyl groups is 1. The summed E-state index contributed by atoms with van der Waals surface area (Å²) in [6.45, 7) is 1.34. The van der Waals surface area contributed by atoms with Crippen LogP contribution in [0, 0.1) is 11.8 Å². The first-order chi connectivity index (χ1) is 20.5. The van der Waals surface area contributed by atoms with E-state index in [9.17, 15) is 18.0 Å². The number of pyridine rings is 1. The van der Waals surface area contributed by atoms with Gasteiger partial charge in [0.15, 0.2) is 0 Å². The van der Waals surface area contributed by atoms with E-state index >= 15 is 8.78 Å². The van der Waals surface area contributed by atoms with Crippen LogP contribution in [0.15, 0.2) is 41.3 Å². The number of hydrogen-bond acceptors (Lipinski definition) is 7. The van der Waals surface area contributed by atoms with Crippen molar-refractivity contribution in [3.63, 3.8) is 0 Å². The molecule has 43 heavy (non-hydrogen) atoms. The predicted molar refractivity (Wildman–Crippen MR) is 158 cm³/mol. The van der Waals surface area contributed by atoms with Gasteiger partial charge in [-0.2, -0.15) is 4.31 Å². The van der Waals surface area contributed by atoms with Crippen LogP contribution in [0.1, 0.15) is 44.1 Å². The fourth-order valence-corrected chi connectivity index (χ4v) is 7.77. The smallest absolute Gasteiger partial charge is 0.276 e. The highest BCUT2D eigenvalue weighted by atomic mass is 35.5. The van der Waals surface area contributed by atoms with Crippen molar-refractivity contribution in [3.8, 4) is 0 Å². The average molecular weight is 640 g/mol. The maximum absolute atomic E-state index is 15.7. The number of piperazine rings is 1. The maximum atomic E-state index is 15.7. The van der Waals surface area contributed by atoms with Crippen LogP contribution in [-0.4, -0.2) is 80.5 Å². The van der Waals surface area contributed by atoms with Crippen LogP contribution in [-0.2, 0) is 25.5 Å². The van der Waals surface area contributed by atoms with Crippen molar-refractivity contribution in [3.05, 3.63) is 47.1 Å². The number of nitrogens with zero attached hydrogens (tertiary/aromatic N) is 4. The molecule has 0 spiro atoms. The fraction of sp³-hybridized carbons (Fsp3) is 0.552. The largest absolute Gasteiger partial charge is 0.395 e. The van der Waals surface area contributed by atoms with Crippen LogP contribution in [0.5, 0.6) is 0 Å². The molecule has 3 heterocycles. The molecule has 10 nitrogen and oxygen atoms in total. The minimum absolute atomic E-state index is 0.0222. The van der Waals surface area contributed by atoms with Gasteiger partial charge in [0.25, 0.3) is 5.92 Å². The fourth-order valence-electron chi connectivity index (χ4n) is 6.14. The summed E-state index contributed by atoms with van der Waals surface area (Å²) in [7, 11) is -3.80. The standard InChI is InChI=1S/C29H36ClF2N5O5S/c30-25-18-22(29(31,32)21-5-3-20(4-6-21)28(40)33-11-17-38)19-26(34-25)35-13-15-36(16-14-35)43(41,42)24-9-7-23(8-10-24)37-12-1-2-27(37)39/h7-10,18-21,38H,1-6,11-17H2,(H,33,40)/t20-,21-. The number of aliphatic hydroxyl groups excluding tert-OH is 1. The number of halogens is 3. The van der Waals surface area contributed by atoms with E-state index in [1.54, 1.807) is 21.9 Å². The van der Waals surface area contributed by atoms with Gasteiger partial charge in [0, 0.05) is 68.8 Å². The summed E-state index contributed by atoms with van der Waals surface area (Å²) in [5.41, 5.74) is 0.421. The van der Waals surface area contributed by atoms with Crippen LogP contribution >= 0.6 is 11.6 Å². The molecule has 3 aliphatic rings. The highest BCUT2D eigenvalue weighted by Gasteiger charge is 2.44. The lowest BCUT2D eigenvalue weighted by atomic mass is 9.77. The molecule has 1 saturated carbocycles. The molecule has 0 unspecified atom stereocenters. The Hall–Kier alpha value is -2.87. The van der Waals surface area contributed by atoms with Crippen LogP contribution < -0.4 is 15.1 Å². The van der Waals surface area contributed by atoms with E-state index in [0.29, 0.717) is 31.5 Å². The number of carbonyl (C=O) groups excluding carboxylic acids is 2. The molecule has 14 heteroatoms. The third-order valence-electron chi connectivity index (χ3n) is 8.61. The van der Waals surface area contributed by atoms with Gasteiger partial charge in [-0.25, -0.2) is 22.2 Å². The van der Waals surface area contributed by atoms with Gasteiger partial charge in [-0.1, -0.05) is 11.6 Å². The van der Waals surface area contributed by atoms with Crippen molar-refractivity contribution in [2.75, 3.05) is 55.7 Å². The summed E-state index contributed by atoms with van der Waals surface area (Å²) in [6.07, 6.45) is 2.27. The zero-order valence-electron chi connectivity index (χ0n) is 23.7. The van der Waals surface area contributed by atoms with Gasteiger partial charge in [-0.05, 0) is 68.5 Å². The zero-order valence-corrected chi connectivity index (χ0v) is 25.3. The van der Waals surface area contributed by atoms with Gasteiger partial charge in [-0.3, -0.25) is 9.59 Å². The number of carbonyl (C=O) groups is 2. The third-order valence-corrected chi connectivity index (χ3v) is 10.7. The lowest BCUT2D eigenvalue weighted by Gasteiger charge is -2.36. The second-order valence-electron chi connectivity index (χ2n) is 11.3. The highest BCUT2D eigenvalue weighted by molar-refractivity contribution is 7.89. The van der Waals surface area contributed by atoms with E-state index < -0.39 is 21.9 Å². The summed E-state index contributed by atoms with van der Waals surface area (Å²) in [5.74, 6) is -4.44. The van der Waals surface area contributed by atoms with Gasteiger partial charge in [0.1, 0.15) is 11.0 Å². The SMILES string of the molecule is O=C1CCCN1c1ccc(S(=O)(=O)N2CCN(c3cc(C(F)(F)[C@H]4CC[C@H](C(=O)NCCO)CC4)cc(Cl)n3)CC2)cc1. The summed E-state index contributed by atoms with van der Waals surface area (Å²) >= 11 is 6.20. The van der Waals surface area contributed by atoms with Crippen LogP contribution in [0.25, 0.3) is 0 Å². The van der Waals surface area contributed by atoms with Crippen LogP contribution in [0.4, 0.5) is 20.3 Å². The number of rotatable bonds is 9. The molecule has 0 radical (unpaired) electrons. The van der Waals surface area contributed by atoms with E-state index in [2.05, 4.69) is 10.3 Å². The molecule has 1 aromatic carbocycles. The maximum Gasteiger partial charge on any atom is 0.276 e. The minimum Gasteiger partial charge on any atom is -0.395 e. The van der Waals surface area contributed by atoms with Crippen molar-refractivity contribution in [2.45, 2.75) is 49.3 Å². The topological polar surface area (TPSA) is 123 Å². The van der Waals surface area contributed by atoms with Crippen molar-refractivity contribution < 1.29 is 31.9 Å². The number of amides is 2.